The summed E-state index contributed by atoms with van der Waals surface area (Å²) in [5.41, 5.74) is 3.54. The molecule has 0 saturated carbocycles. The maximum Gasteiger partial charge on any atom is 0.163 e. The molecule has 0 bridgehead atoms. The second-order valence-electron chi connectivity index (χ2n) is 4.53. The zero-order chi connectivity index (χ0) is 10.3. The molecule has 1 aromatic carbocycles. The van der Waals surface area contributed by atoms with Gasteiger partial charge >= 0.3 is 0 Å². The van der Waals surface area contributed by atoms with Crippen LogP contribution in [-0.4, -0.2) is 5.78 Å². The van der Waals surface area contributed by atoms with Crippen LogP contribution in [0.4, 0.5) is 0 Å². The zero-order valence-electron chi connectivity index (χ0n) is 9.00. The van der Waals surface area contributed by atoms with Crippen LogP contribution in [0.25, 0.3) is 0 Å². The fourth-order valence-electron chi connectivity index (χ4n) is 2.10. The Bertz CT molecular complexity index is 377. The van der Waals surface area contributed by atoms with Gasteiger partial charge in [0.05, 0.1) is 0 Å². The van der Waals surface area contributed by atoms with Gasteiger partial charge in [0.1, 0.15) is 0 Å². The molecule has 0 aromatic heterocycles. The van der Waals surface area contributed by atoms with E-state index in [1.807, 2.05) is 6.07 Å². The number of hydrogen-bond donors (Lipinski definition) is 0. The summed E-state index contributed by atoms with van der Waals surface area (Å²) in [6.45, 7) is 6.50. The van der Waals surface area contributed by atoms with Gasteiger partial charge in [0.15, 0.2) is 5.78 Å². The highest BCUT2D eigenvalue weighted by molar-refractivity contribution is 6.01. The Balaban J connectivity index is 2.50. The summed E-state index contributed by atoms with van der Waals surface area (Å²) in [6.07, 6.45) is 0.691. The number of fused-ring (bicyclic) bond motifs is 1. The van der Waals surface area contributed by atoms with Crippen molar-refractivity contribution in [3.8, 4) is 0 Å². The molecule has 1 heteroatoms. The second kappa shape index (κ2) is 3.23. The molecule has 74 valence electrons. The van der Waals surface area contributed by atoms with Crippen molar-refractivity contribution in [3.05, 3.63) is 34.9 Å². The van der Waals surface area contributed by atoms with Crippen molar-refractivity contribution in [1.82, 2.24) is 0 Å². The highest BCUT2D eigenvalue weighted by Gasteiger charge is 2.26. The lowest BCUT2D eigenvalue weighted by Gasteiger charge is -2.09. The van der Waals surface area contributed by atoms with E-state index in [0.717, 1.165) is 5.56 Å². The summed E-state index contributed by atoms with van der Waals surface area (Å²) >= 11 is 0. The first-order valence-corrected chi connectivity index (χ1v) is 5.26. The molecule has 1 unspecified atom stereocenters. The number of benzene rings is 1. The molecule has 1 atom stereocenters. The molecule has 0 heterocycles. The van der Waals surface area contributed by atoms with E-state index in [4.69, 9.17) is 0 Å². The summed E-state index contributed by atoms with van der Waals surface area (Å²) in [6, 6.07) is 6.28. The predicted molar refractivity (Wildman–Crippen MR) is 57.9 cm³/mol. The van der Waals surface area contributed by atoms with Crippen LogP contribution in [0, 0.1) is 0 Å². The molecule has 0 amide bonds. The van der Waals surface area contributed by atoms with E-state index in [1.165, 1.54) is 11.1 Å². The van der Waals surface area contributed by atoms with Crippen molar-refractivity contribution in [2.45, 2.75) is 39.0 Å². The number of Topliss-reactive ketones (excluding diaryl/α,β-unsaturated/α-hetero) is 1. The van der Waals surface area contributed by atoms with Crippen LogP contribution >= 0.6 is 0 Å². The molecule has 2 rings (SSSR count). The van der Waals surface area contributed by atoms with Crippen LogP contribution in [0.3, 0.4) is 0 Å². The van der Waals surface area contributed by atoms with Gasteiger partial charge in [-0.05, 0) is 23.0 Å². The van der Waals surface area contributed by atoms with Gasteiger partial charge in [0.25, 0.3) is 0 Å². The average Bonchev–Trinajstić information content (AvgIpc) is 2.42. The van der Waals surface area contributed by atoms with Crippen molar-refractivity contribution in [2.75, 3.05) is 0 Å². The Morgan fingerprint density at radius 1 is 1.36 bits per heavy atom. The van der Waals surface area contributed by atoms with Crippen LogP contribution in [0.15, 0.2) is 18.2 Å². The van der Waals surface area contributed by atoms with Gasteiger partial charge in [-0.2, -0.15) is 0 Å². The van der Waals surface area contributed by atoms with Crippen LogP contribution in [0.1, 0.15) is 60.5 Å². The van der Waals surface area contributed by atoms with Gasteiger partial charge in [0.2, 0.25) is 0 Å². The minimum atomic E-state index is 0.308. The molecule has 1 nitrogen and oxygen atoms in total. The fourth-order valence-corrected chi connectivity index (χ4v) is 2.10. The van der Waals surface area contributed by atoms with Crippen LogP contribution < -0.4 is 0 Å². The van der Waals surface area contributed by atoms with Crippen molar-refractivity contribution >= 4 is 5.78 Å². The monoisotopic (exact) mass is 188 g/mol. The highest BCUT2D eigenvalue weighted by Crippen LogP contribution is 2.34. The van der Waals surface area contributed by atoms with E-state index >= 15 is 0 Å². The van der Waals surface area contributed by atoms with Crippen molar-refractivity contribution in [3.63, 3.8) is 0 Å². The van der Waals surface area contributed by atoms with Gasteiger partial charge in [-0.15, -0.1) is 0 Å². The molecular formula is C13H16O. The van der Waals surface area contributed by atoms with E-state index < -0.39 is 0 Å². The first-order chi connectivity index (χ1) is 6.59. The largest absolute Gasteiger partial charge is 0.294 e. The minimum Gasteiger partial charge on any atom is -0.294 e. The Labute approximate surface area is 85.1 Å². The van der Waals surface area contributed by atoms with Gasteiger partial charge in [0, 0.05) is 12.0 Å². The first kappa shape index (κ1) is 9.45. The van der Waals surface area contributed by atoms with Gasteiger partial charge in [-0.3, -0.25) is 4.79 Å². The van der Waals surface area contributed by atoms with Gasteiger partial charge in [-0.25, -0.2) is 0 Å². The number of rotatable bonds is 1. The zero-order valence-corrected chi connectivity index (χ0v) is 9.00. The SMILES string of the molecule is CC(C)c1ccc2c(c1)C(C)CC2=O. The van der Waals surface area contributed by atoms with E-state index in [1.54, 1.807) is 0 Å². The lowest BCUT2D eigenvalue weighted by molar-refractivity contribution is 0.0990. The normalized spacial score (nSPS) is 20.3. The summed E-state index contributed by atoms with van der Waals surface area (Å²) in [5, 5.41) is 0. The van der Waals surface area contributed by atoms with Crippen LogP contribution in [0.5, 0.6) is 0 Å². The van der Waals surface area contributed by atoms with E-state index in [0.29, 0.717) is 24.0 Å². The average molecular weight is 188 g/mol. The smallest absolute Gasteiger partial charge is 0.163 e. The van der Waals surface area contributed by atoms with Crippen LogP contribution in [0.2, 0.25) is 0 Å². The Morgan fingerprint density at radius 3 is 2.71 bits per heavy atom. The summed E-state index contributed by atoms with van der Waals surface area (Å²) in [7, 11) is 0. The summed E-state index contributed by atoms with van der Waals surface area (Å²) in [4.78, 5) is 11.6. The Kier molecular flexibility index (Phi) is 2.18. The number of ketones is 1. The van der Waals surface area contributed by atoms with Crippen molar-refractivity contribution < 1.29 is 4.79 Å². The number of carbonyl (C=O) groups is 1. The standard InChI is InChI=1S/C13H16O/c1-8(2)10-4-5-11-12(7-10)9(3)6-13(11)14/h4-5,7-9H,6H2,1-3H3. The third kappa shape index (κ3) is 1.37. The molecule has 0 N–H and O–H groups in total. The first-order valence-electron chi connectivity index (χ1n) is 5.26. The Hall–Kier alpha value is -1.11. The predicted octanol–water partition coefficient (Wildman–Crippen LogP) is 3.50. The molecule has 0 aliphatic heterocycles. The highest BCUT2D eigenvalue weighted by atomic mass is 16.1. The lowest BCUT2D eigenvalue weighted by atomic mass is 9.96. The third-order valence-corrected chi connectivity index (χ3v) is 3.07. The van der Waals surface area contributed by atoms with Crippen LogP contribution in [-0.2, 0) is 0 Å². The molecule has 0 spiro atoms. The maximum absolute atomic E-state index is 11.6. The maximum atomic E-state index is 11.6. The lowest BCUT2D eigenvalue weighted by Crippen LogP contribution is -1.94. The third-order valence-electron chi connectivity index (χ3n) is 3.07. The van der Waals surface area contributed by atoms with Gasteiger partial charge in [-0.1, -0.05) is 39.0 Å². The van der Waals surface area contributed by atoms with Gasteiger partial charge < -0.3 is 0 Å². The minimum absolute atomic E-state index is 0.308. The quantitative estimate of drug-likeness (QED) is 0.659. The summed E-state index contributed by atoms with van der Waals surface area (Å²) in [5.74, 6) is 1.27. The van der Waals surface area contributed by atoms with Crippen molar-refractivity contribution in [1.29, 1.82) is 0 Å². The molecular weight excluding hydrogens is 172 g/mol. The van der Waals surface area contributed by atoms with Crippen molar-refractivity contribution in [2.24, 2.45) is 0 Å². The molecule has 0 saturated heterocycles. The molecule has 0 fully saturated rings. The second-order valence-corrected chi connectivity index (χ2v) is 4.53. The fraction of sp³-hybridized carbons (Fsp3) is 0.462. The van der Waals surface area contributed by atoms with E-state index in [-0.39, 0.29) is 0 Å². The number of carbonyl (C=O) groups excluding carboxylic acids is 1. The molecule has 1 aliphatic rings. The number of hydrogen-bond acceptors (Lipinski definition) is 1. The van der Waals surface area contributed by atoms with E-state index in [9.17, 15) is 4.79 Å². The molecule has 0 radical (unpaired) electrons. The summed E-state index contributed by atoms with van der Waals surface area (Å²) < 4.78 is 0. The van der Waals surface area contributed by atoms with E-state index in [2.05, 4.69) is 32.9 Å². The molecule has 1 aliphatic carbocycles. The molecule has 14 heavy (non-hydrogen) atoms. The topological polar surface area (TPSA) is 17.1 Å². The Morgan fingerprint density at radius 2 is 2.07 bits per heavy atom. The molecule has 1 aromatic rings.